The molecule has 88 valence electrons. The van der Waals surface area contributed by atoms with Crippen molar-refractivity contribution in [3.8, 4) is 17.2 Å². The third-order valence-electron chi connectivity index (χ3n) is 2.39. The van der Waals surface area contributed by atoms with Crippen LogP contribution >= 0.6 is 15.9 Å². The molecule has 0 saturated heterocycles. The number of hydrogen-bond acceptors (Lipinski definition) is 5. The Morgan fingerprint density at radius 3 is 3.00 bits per heavy atom. The number of aliphatic hydroxyl groups is 1. The SMILES string of the molecule is COc1c(C(N)CO)cc2c(c1Br)OCO2. The Morgan fingerprint density at radius 2 is 2.38 bits per heavy atom. The van der Waals surface area contributed by atoms with Crippen molar-refractivity contribution < 1.29 is 19.3 Å². The van der Waals surface area contributed by atoms with Gasteiger partial charge in [-0.3, -0.25) is 0 Å². The number of methoxy groups -OCH3 is 1. The minimum absolute atomic E-state index is 0.164. The summed E-state index contributed by atoms with van der Waals surface area (Å²) in [6, 6.07) is 1.22. The molecule has 1 heterocycles. The van der Waals surface area contributed by atoms with Crippen LogP contribution in [-0.2, 0) is 0 Å². The molecule has 1 atom stereocenters. The second kappa shape index (κ2) is 4.48. The molecule has 0 fully saturated rings. The molecule has 0 aliphatic carbocycles. The van der Waals surface area contributed by atoms with E-state index in [9.17, 15) is 0 Å². The molecule has 1 aliphatic heterocycles. The summed E-state index contributed by atoms with van der Waals surface area (Å²) in [6.07, 6.45) is 0. The molecule has 5 nitrogen and oxygen atoms in total. The van der Waals surface area contributed by atoms with Gasteiger partial charge in [-0.05, 0) is 22.0 Å². The van der Waals surface area contributed by atoms with E-state index in [0.717, 1.165) is 0 Å². The van der Waals surface area contributed by atoms with Gasteiger partial charge in [0.15, 0.2) is 11.5 Å². The fraction of sp³-hybridized carbons (Fsp3) is 0.400. The number of nitrogens with two attached hydrogens (primary N) is 1. The fourth-order valence-electron chi connectivity index (χ4n) is 1.59. The van der Waals surface area contributed by atoms with Gasteiger partial charge >= 0.3 is 0 Å². The number of benzene rings is 1. The van der Waals surface area contributed by atoms with Crippen molar-refractivity contribution in [1.29, 1.82) is 0 Å². The maximum atomic E-state index is 9.08. The number of hydrogen-bond donors (Lipinski definition) is 2. The number of rotatable bonds is 3. The summed E-state index contributed by atoms with van der Waals surface area (Å²) in [7, 11) is 1.54. The van der Waals surface area contributed by atoms with Gasteiger partial charge in [-0.2, -0.15) is 0 Å². The Hall–Kier alpha value is -0.980. The van der Waals surface area contributed by atoms with Crippen LogP contribution < -0.4 is 19.9 Å². The second-order valence-electron chi connectivity index (χ2n) is 3.34. The lowest BCUT2D eigenvalue weighted by Crippen LogP contribution is -2.15. The van der Waals surface area contributed by atoms with Gasteiger partial charge in [0, 0.05) is 5.56 Å². The maximum Gasteiger partial charge on any atom is 0.231 e. The molecule has 0 radical (unpaired) electrons. The van der Waals surface area contributed by atoms with E-state index in [1.165, 1.54) is 7.11 Å². The standard InChI is InChI=1S/C10H12BrNO4/c1-14-9-5(6(12)3-13)2-7-10(8(9)11)16-4-15-7/h2,6,13H,3-4,12H2,1H3. The average molecular weight is 290 g/mol. The molecule has 1 unspecified atom stereocenters. The molecular formula is C10H12BrNO4. The van der Waals surface area contributed by atoms with Crippen LogP contribution in [0, 0.1) is 0 Å². The van der Waals surface area contributed by atoms with Gasteiger partial charge in [0.2, 0.25) is 6.79 Å². The van der Waals surface area contributed by atoms with E-state index in [4.69, 9.17) is 25.1 Å². The van der Waals surface area contributed by atoms with E-state index in [2.05, 4.69) is 15.9 Å². The van der Waals surface area contributed by atoms with Crippen molar-refractivity contribution in [2.75, 3.05) is 20.5 Å². The monoisotopic (exact) mass is 289 g/mol. The minimum atomic E-state index is -0.513. The highest BCUT2D eigenvalue weighted by atomic mass is 79.9. The first-order valence-corrected chi connectivity index (χ1v) is 5.50. The quantitative estimate of drug-likeness (QED) is 0.874. The van der Waals surface area contributed by atoms with E-state index in [1.54, 1.807) is 6.07 Å². The molecule has 3 N–H and O–H groups in total. The Morgan fingerprint density at radius 1 is 1.62 bits per heavy atom. The van der Waals surface area contributed by atoms with Crippen LogP contribution in [-0.4, -0.2) is 25.6 Å². The summed E-state index contributed by atoms with van der Waals surface area (Å²) < 4.78 is 16.5. The average Bonchev–Trinajstić information content (AvgIpc) is 2.76. The first-order chi connectivity index (χ1) is 7.69. The highest BCUT2D eigenvalue weighted by Gasteiger charge is 2.25. The summed E-state index contributed by atoms with van der Waals surface area (Å²) in [5.41, 5.74) is 6.47. The van der Waals surface area contributed by atoms with E-state index >= 15 is 0 Å². The van der Waals surface area contributed by atoms with Crippen molar-refractivity contribution in [3.05, 3.63) is 16.1 Å². The highest BCUT2D eigenvalue weighted by molar-refractivity contribution is 9.10. The third kappa shape index (κ3) is 1.73. The molecule has 0 aromatic heterocycles. The summed E-state index contributed by atoms with van der Waals surface area (Å²) >= 11 is 3.37. The van der Waals surface area contributed by atoms with Crippen LogP contribution in [0.15, 0.2) is 10.5 Å². The molecule has 6 heteroatoms. The van der Waals surface area contributed by atoms with Crippen LogP contribution in [0.25, 0.3) is 0 Å². The van der Waals surface area contributed by atoms with Crippen LogP contribution in [0.4, 0.5) is 0 Å². The number of aliphatic hydroxyl groups excluding tert-OH is 1. The normalized spacial score (nSPS) is 15.0. The Kier molecular flexibility index (Phi) is 3.22. The fourth-order valence-corrected chi connectivity index (χ4v) is 2.29. The molecule has 16 heavy (non-hydrogen) atoms. The Labute approximate surface area is 101 Å². The van der Waals surface area contributed by atoms with Crippen molar-refractivity contribution in [3.63, 3.8) is 0 Å². The zero-order valence-electron chi connectivity index (χ0n) is 8.70. The molecule has 2 rings (SSSR count). The predicted molar refractivity (Wildman–Crippen MR) is 60.8 cm³/mol. The van der Waals surface area contributed by atoms with E-state index in [-0.39, 0.29) is 13.4 Å². The molecular weight excluding hydrogens is 278 g/mol. The maximum absolute atomic E-state index is 9.08. The zero-order valence-corrected chi connectivity index (χ0v) is 10.3. The van der Waals surface area contributed by atoms with Gasteiger partial charge in [-0.15, -0.1) is 0 Å². The van der Waals surface area contributed by atoms with Crippen LogP contribution in [0.3, 0.4) is 0 Å². The lowest BCUT2D eigenvalue weighted by atomic mass is 10.1. The van der Waals surface area contributed by atoms with E-state index in [1.807, 2.05) is 0 Å². The van der Waals surface area contributed by atoms with Crippen LogP contribution in [0.5, 0.6) is 17.2 Å². The third-order valence-corrected chi connectivity index (χ3v) is 3.11. The van der Waals surface area contributed by atoms with Gasteiger partial charge < -0.3 is 25.1 Å². The molecule has 0 bridgehead atoms. The molecule has 0 spiro atoms. The van der Waals surface area contributed by atoms with E-state index in [0.29, 0.717) is 27.3 Å². The van der Waals surface area contributed by atoms with Gasteiger partial charge in [0.05, 0.1) is 19.8 Å². The van der Waals surface area contributed by atoms with Crippen LogP contribution in [0.2, 0.25) is 0 Å². The topological polar surface area (TPSA) is 73.9 Å². The van der Waals surface area contributed by atoms with Gasteiger partial charge in [-0.1, -0.05) is 0 Å². The summed E-state index contributed by atoms with van der Waals surface area (Å²) in [5.74, 6) is 1.77. The molecule has 1 aromatic rings. The van der Waals surface area contributed by atoms with Crippen molar-refractivity contribution in [2.24, 2.45) is 5.73 Å². The van der Waals surface area contributed by atoms with Crippen molar-refractivity contribution in [2.45, 2.75) is 6.04 Å². The van der Waals surface area contributed by atoms with E-state index < -0.39 is 6.04 Å². The largest absolute Gasteiger partial charge is 0.495 e. The number of fused-ring (bicyclic) bond motifs is 1. The van der Waals surface area contributed by atoms with Crippen molar-refractivity contribution >= 4 is 15.9 Å². The minimum Gasteiger partial charge on any atom is -0.495 e. The zero-order chi connectivity index (χ0) is 11.7. The molecule has 0 amide bonds. The molecule has 1 aliphatic rings. The number of halogens is 1. The summed E-state index contributed by atoms with van der Waals surface area (Å²) in [5, 5.41) is 9.08. The summed E-state index contributed by atoms with van der Waals surface area (Å²) in [6.45, 7) is 0.0113. The first kappa shape index (κ1) is 11.5. The molecule has 1 aromatic carbocycles. The van der Waals surface area contributed by atoms with Gasteiger partial charge in [0.1, 0.15) is 10.2 Å². The lowest BCUT2D eigenvalue weighted by molar-refractivity contribution is 0.173. The Balaban J connectivity index is 2.56. The lowest BCUT2D eigenvalue weighted by Gasteiger charge is -2.16. The van der Waals surface area contributed by atoms with Crippen LogP contribution in [0.1, 0.15) is 11.6 Å². The first-order valence-electron chi connectivity index (χ1n) is 4.71. The second-order valence-corrected chi connectivity index (χ2v) is 4.13. The van der Waals surface area contributed by atoms with Gasteiger partial charge in [-0.25, -0.2) is 0 Å². The molecule has 0 saturated carbocycles. The van der Waals surface area contributed by atoms with Crippen molar-refractivity contribution in [1.82, 2.24) is 0 Å². The highest BCUT2D eigenvalue weighted by Crippen LogP contribution is 2.47. The smallest absolute Gasteiger partial charge is 0.231 e. The predicted octanol–water partition coefficient (Wildman–Crippen LogP) is 1.18. The summed E-state index contributed by atoms with van der Waals surface area (Å²) in [4.78, 5) is 0. The van der Waals surface area contributed by atoms with Gasteiger partial charge in [0.25, 0.3) is 0 Å². The number of ether oxygens (including phenoxy) is 3. The Bertz CT molecular complexity index is 410.